The lowest BCUT2D eigenvalue weighted by Crippen LogP contribution is -2.01. The summed E-state index contributed by atoms with van der Waals surface area (Å²) >= 11 is 11.2. The molecule has 6 nitrogen and oxygen atoms in total. The van der Waals surface area contributed by atoms with Gasteiger partial charge in [0, 0.05) is 11.4 Å². The van der Waals surface area contributed by atoms with Gasteiger partial charge in [-0.1, -0.05) is 30.7 Å². The minimum Gasteiger partial charge on any atom is -0.490 e. The lowest BCUT2D eigenvalue weighted by atomic mass is 10.2. The topological polar surface area (TPSA) is 64.4 Å². The van der Waals surface area contributed by atoms with E-state index in [4.69, 9.17) is 33.3 Å². The van der Waals surface area contributed by atoms with Crippen molar-refractivity contribution in [2.75, 3.05) is 6.61 Å². The Balaban J connectivity index is 1.79. The van der Waals surface area contributed by atoms with Gasteiger partial charge in [-0.05, 0) is 60.6 Å². The summed E-state index contributed by atoms with van der Waals surface area (Å²) in [5.41, 5.74) is 1.85. The zero-order chi connectivity index (χ0) is 19.9. The summed E-state index contributed by atoms with van der Waals surface area (Å²) in [5.74, 6) is 2.08. The van der Waals surface area contributed by atoms with Gasteiger partial charge in [-0.3, -0.25) is 5.10 Å². The highest BCUT2D eigenvalue weighted by Gasteiger charge is 2.07. The van der Waals surface area contributed by atoms with E-state index >= 15 is 0 Å². The Kier molecular flexibility index (Phi) is 6.84. The van der Waals surface area contributed by atoms with Crippen LogP contribution < -0.4 is 9.47 Å². The van der Waals surface area contributed by atoms with Crippen molar-refractivity contribution in [1.82, 2.24) is 14.9 Å². The summed E-state index contributed by atoms with van der Waals surface area (Å²) in [6, 6.07) is 13.2. The molecular weight excluding hydrogens is 396 g/mol. The van der Waals surface area contributed by atoms with Crippen molar-refractivity contribution in [3.63, 3.8) is 0 Å². The molecule has 0 aliphatic carbocycles. The molecule has 1 heterocycles. The molecule has 0 spiro atoms. The van der Waals surface area contributed by atoms with E-state index in [1.165, 1.54) is 0 Å². The van der Waals surface area contributed by atoms with E-state index in [1.54, 1.807) is 10.9 Å². The number of benzene rings is 2. The van der Waals surface area contributed by atoms with Gasteiger partial charge in [-0.15, -0.1) is 0 Å². The zero-order valence-corrected chi connectivity index (χ0v) is 17.3. The predicted octanol–water partition coefficient (Wildman–Crippen LogP) is 5.02. The first-order valence-corrected chi connectivity index (χ1v) is 9.74. The number of aryl methyl sites for hydroxylation is 1. The van der Waals surface area contributed by atoms with Crippen LogP contribution in [0.3, 0.4) is 0 Å². The molecule has 2 aromatic carbocycles. The number of ether oxygens (including phenoxy) is 2. The number of nitrogens with zero attached hydrogens (tertiary/aromatic N) is 3. The van der Waals surface area contributed by atoms with Crippen molar-refractivity contribution in [1.29, 1.82) is 0 Å². The van der Waals surface area contributed by atoms with Gasteiger partial charge in [0.25, 0.3) is 0 Å². The van der Waals surface area contributed by atoms with Crippen LogP contribution in [0.2, 0.25) is 5.02 Å². The summed E-state index contributed by atoms with van der Waals surface area (Å²) in [6.07, 6.45) is 2.44. The van der Waals surface area contributed by atoms with Gasteiger partial charge < -0.3 is 9.47 Å². The molecule has 3 rings (SSSR count). The van der Waals surface area contributed by atoms with Crippen molar-refractivity contribution < 1.29 is 9.47 Å². The van der Waals surface area contributed by atoms with E-state index in [-0.39, 0.29) is 0 Å². The van der Waals surface area contributed by atoms with Crippen LogP contribution in [0, 0.1) is 4.77 Å². The van der Waals surface area contributed by atoms with Crippen molar-refractivity contribution in [2.45, 2.75) is 26.9 Å². The van der Waals surface area contributed by atoms with Crippen LogP contribution in [0.4, 0.5) is 0 Å². The molecule has 8 heteroatoms. The molecule has 0 aliphatic heterocycles. The van der Waals surface area contributed by atoms with Crippen LogP contribution in [-0.4, -0.2) is 27.7 Å². The van der Waals surface area contributed by atoms with Gasteiger partial charge in [0.15, 0.2) is 17.3 Å². The molecule has 0 atom stereocenters. The SMILES string of the molecule is CCOc1cc(/C=N/n2c(CC)n[nH]c2=S)ccc1OCc1cccc(Cl)c1. The number of halogens is 1. The molecule has 0 fully saturated rings. The highest BCUT2D eigenvalue weighted by molar-refractivity contribution is 7.71. The van der Waals surface area contributed by atoms with Crippen LogP contribution in [-0.2, 0) is 13.0 Å². The highest BCUT2D eigenvalue weighted by atomic mass is 35.5. The number of aromatic nitrogens is 3. The van der Waals surface area contributed by atoms with Crippen LogP contribution in [0.15, 0.2) is 47.6 Å². The normalized spacial score (nSPS) is 11.1. The van der Waals surface area contributed by atoms with Gasteiger partial charge in [0.1, 0.15) is 6.61 Å². The molecule has 146 valence electrons. The van der Waals surface area contributed by atoms with Gasteiger partial charge in [0.2, 0.25) is 4.77 Å². The average Bonchev–Trinajstić information content (AvgIpc) is 3.05. The largest absolute Gasteiger partial charge is 0.490 e. The molecule has 0 unspecified atom stereocenters. The number of nitrogens with one attached hydrogen (secondary N) is 1. The van der Waals surface area contributed by atoms with Gasteiger partial charge in [-0.25, -0.2) is 0 Å². The first-order chi connectivity index (χ1) is 13.6. The molecule has 0 aliphatic rings. The second-order valence-electron chi connectivity index (χ2n) is 5.91. The van der Waals surface area contributed by atoms with Crippen LogP contribution in [0.1, 0.15) is 30.8 Å². The molecule has 3 aromatic rings. The molecule has 28 heavy (non-hydrogen) atoms. The van der Waals surface area contributed by atoms with Crippen molar-refractivity contribution in [3.05, 3.63) is 69.2 Å². The van der Waals surface area contributed by atoms with E-state index in [9.17, 15) is 0 Å². The van der Waals surface area contributed by atoms with Gasteiger partial charge in [0.05, 0.1) is 12.8 Å². The number of H-pyrrole nitrogens is 1. The third-order valence-corrected chi connectivity index (χ3v) is 4.41. The van der Waals surface area contributed by atoms with Crippen LogP contribution >= 0.6 is 23.8 Å². The van der Waals surface area contributed by atoms with E-state index in [0.29, 0.717) is 34.5 Å². The second-order valence-corrected chi connectivity index (χ2v) is 6.74. The lowest BCUT2D eigenvalue weighted by Gasteiger charge is -2.13. The Morgan fingerprint density at radius 1 is 1.18 bits per heavy atom. The maximum Gasteiger partial charge on any atom is 0.216 e. The zero-order valence-electron chi connectivity index (χ0n) is 15.7. The molecule has 0 radical (unpaired) electrons. The quantitative estimate of drug-likeness (QED) is 0.413. The van der Waals surface area contributed by atoms with Crippen molar-refractivity contribution in [2.24, 2.45) is 5.10 Å². The maximum atomic E-state index is 6.03. The fourth-order valence-electron chi connectivity index (χ4n) is 2.58. The van der Waals surface area contributed by atoms with E-state index in [1.807, 2.05) is 56.3 Å². The summed E-state index contributed by atoms with van der Waals surface area (Å²) in [4.78, 5) is 0. The molecule has 0 amide bonds. The Morgan fingerprint density at radius 2 is 2.04 bits per heavy atom. The Labute approximate surface area is 173 Å². The first-order valence-electron chi connectivity index (χ1n) is 8.95. The van der Waals surface area contributed by atoms with Crippen molar-refractivity contribution >= 4 is 30.0 Å². The van der Waals surface area contributed by atoms with Crippen LogP contribution in [0.5, 0.6) is 11.5 Å². The fourth-order valence-corrected chi connectivity index (χ4v) is 2.99. The standard InChI is InChI=1S/C20H21ClN4O2S/c1-3-19-23-24-20(28)25(19)22-12-14-8-9-17(18(11-14)26-4-2)27-13-15-6-5-7-16(21)10-15/h5-12H,3-4,13H2,1-2H3,(H,24,28)/b22-12+. The number of hydrogen-bond donors (Lipinski definition) is 1. The van der Waals surface area contributed by atoms with E-state index in [0.717, 1.165) is 23.4 Å². The predicted molar refractivity (Wildman–Crippen MR) is 113 cm³/mol. The fraction of sp³-hybridized carbons (Fsp3) is 0.250. The van der Waals surface area contributed by atoms with Gasteiger partial charge >= 0.3 is 0 Å². The minimum absolute atomic E-state index is 0.401. The molecule has 0 saturated heterocycles. The molecule has 1 aromatic heterocycles. The molecule has 1 N–H and O–H groups in total. The molecular formula is C20H21ClN4O2S. The highest BCUT2D eigenvalue weighted by Crippen LogP contribution is 2.29. The number of rotatable bonds is 8. The molecule has 0 saturated carbocycles. The summed E-state index contributed by atoms with van der Waals surface area (Å²) in [5, 5.41) is 12.0. The Bertz CT molecular complexity index is 1030. The first kappa shape index (κ1) is 20.1. The Morgan fingerprint density at radius 3 is 2.79 bits per heavy atom. The third-order valence-electron chi connectivity index (χ3n) is 3.91. The minimum atomic E-state index is 0.401. The van der Waals surface area contributed by atoms with E-state index < -0.39 is 0 Å². The summed E-state index contributed by atoms with van der Waals surface area (Å²) in [7, 11) is 0. The molecule has 0 bridgehead atoms. The van der Waals surface area contributed by atoms with Crippen molar-refractivity contribution in [3.8, 4) is 11.5 Å². The van der Waals surface area contributed by atoms with E-state index in [2.05, 4.69) is 15.3 Å². The number of aromatic amines is 1. The smallest absolute Gasteiger partial charge is 0.216 e. The second kappa shape index (κ2) is 9.52. The summed E-state index contributed by atoms with van der Waals surface area (Å²) < 4.78 is 13.7. The van der Waals surface area contributed by atoms with Crippen LogP contribution in [0.25, 0.3) is 0 Å². The average molecular weight is 417 g/mol. The monoisotopic (exact) mass is 416 g/mol. The number of hydrogen-bond acceptors (Lipinski definition) is 5. The summed E-state index contributed by atoms with van der Waals surface area (Å²) in [6.45, 7) is 4.86. The third kappa shape index (κ3) is 4.99. The van der Waals surface area contributed by atoms with Gasteiger partial charge in [-0.2, -0.15) is 14.9 Å². The maximum absolute atomic E-state index is 6.03. The Hall–Kier alpha value is -2.64. The lowest BCUT2D eigenvalue weighted by molar-refractivity contribution is 0.269.